The van der Waals surface area contributed by atoms with Gasteiger partial charge in [0.1, 0.15) is 0 Å². The molecule has 94 valence electrons. The van der Waals surface area contributed by atoms with Gasteiger partial charge in [-0.3, -0.25) is 4.79 Å². The normalized spacial score (nSPS) is 20.1. The van der Waals surface area contributed by atoms with Gasteiger partial charge >= 0.3 is 5.97 Å². The van der Waals surface area contributed by atoms with Crippen LogP contribution in [0.2, 0.25) is 0 Å². The van der Waals surface area contributed by atoms with E-state index in [1.165, 1.54) is 7.11 Å². The molecule has 0 spiro atoms. The van der Waals surface area contributed by atoms with E-state index in [-0.39, 0.29) is 11.9 Å². The highest BCUT2D eigenvalue weighted by molar-refractivity contribution is 5.71. The third-order valence-corrected chi connectivity index (χ3v) is 3.03. The first kappa shape index (κ1) is 13.5. The molecule has 0 aromatic carbocycles. The number of carbonyl (C=O) groups is 1. The van der Waals surface area contributed by atoms with Crippen LogP contribution in [0, 0.1) is 5.92 Å². The third-order valence-electron chi connectivity index (χ3n) is 3.03. The van der Waals surface area contributed by atoms with Crippen molar-refractivity contribution in [3.63, 3.8) is 0 Å². The molecule has 0 aromatic rings. The Kier molecular flexibility index (Phi) is 6.42. The lowest BCUT2D eigenvalue weighted by atomic mass is 10.1. The van der Waals surface area contributed by atoms with Crippen LogP contribution in [0.5, 0.6) is 0 Å². The fourth-order valence-corrected chi connectivity index (χ4v) is 1.96. The Hall–Kier alpha value is -0.610. The molecule has 0 saturated carbocycles. The Morgan fingerprint density at radius 2 is 2.25 bits per heavy atom. The van der Waals surface area contributed by atoms with Crippen molar-refractivity contribution in [1.82, 2.24) is 4.90 Å². The Morgan fingerprint density at radius 1 is 1.44 bits per heavy atom. The Morgan fingerprint density at radius 3 is 3.00 bits per heavy atom. The van der Waals surface area contributed by atoms with Crippen molar-refractivity contribution in [3.05, 3.63) is 0 Å². The molecule has 16 heavy (non-hydrogen) atoms. The summed E-state index contributed by atoms with van der Waals surface area (Å²) in [5, 5.41) is 0. The molecule has 0 N–H and O–H groups in total. The number of ether oxygens (including phenoxy) is 2. The molecular formula is C12H23NO3. The van der Waals surface area contributed by atoms with E-state index in [2.05, 4.69) is 4.90 Å². The zero-order valence-electron chi connectivity index (χ0n) is 10.4. The van der Waals surface area contributed by atoms with Crippen LogP contribution in [0.4, 0.5) is 0 Å². The lowest BCUT2D eigenvalue weighted by Crippen LogP contribution is -2.28. The van der Waals surface area contributed by atoms with Crippen LogP contribution in [0.25, 0.3) is 0 Å². The van der Waals surface area contributed by atoms with E-state index in [1.807, 2.05) is 6.92 Å². The van der Waals surface area contributed by atoms with E-state index >= 15 is 0 Å². The van der Waals surface area contributed by atoms with E-state index in [9.17, 15) is 4.79 Å². The lowest BCUT2D eigenvalue weighted by molar-refractivity contribution is -0.145. The van der Waals surface area contributed by atoms with Gasteiger partial charge in [-0.15, -0.1) is 0 Å². The number of rotatable bonds is 5. The number of hydrogen-bond donors (Lipinski definition) is 0. The van der Waals surface area contributed by atoms with Gasteiger partial charge in [0.15, 0.2) is 0 Å². The van der Waals surface area contributed by atoms with Gasteiger partial charge in [0.25, 0.3) is 0 Å². The minimum Gasteiger partial charge on any atom is -0.469 e. The van der Waals surface area contributed by atoms with Gasteiger partial charge in [-0.2, -0.15) is 0 Å². The second-order valence-corrected chi connectivity index (χ2v) is 4.37. The predicted molar refractivity (Wildman–Crippen MR) is 62.3 cm³/mol. The van der Waals surface area contributed by atoms with Crippen molar-refractivity contribution >= 4 is 5.97 Å². The highest BCUT2D eigenvalue weighted by Gasteiger charge is 2.14. The largest absolute Gasteiger partial charge is 0.469 e. The summed E-state index contributed by atoms with van der Waals surface area (Å²) in [5.41, 5.74) is 0. The minimum absolute atomic E-state index is 0.0215. The summed E-state index contributed by atoms with van der Waals surface area (Å²) in [4.78, 5) is 13.6. The van der Waals surface area contributed by atoms with Crippen LogP contribution >= 0.6 is 0 Å². The van der Waals surface area contributed by atoms with Crippen molar-refractivity contribution in [2.45, 2.75) is 26.2 Å². The first-order valence-electron chi connectivity index (χ1n) is 6.12. The molecule has 1 unspecified atom stereocenters. The molecule has 0 radical (unpaired) electrons. The highest BCUT2D eigenvalue weighted by Crippen LogP contribution is 2.09. The number of esters is 1. The van der Waals surface area contributed by atoms with E-state index in [1.54, 1.807) is 0 Å². The molecule has 1 atom stereocenters. The summed E-state index contributed by atoms with van der Waals surface area (Å²) >= 11 is 0. The van der Waals surface area contributed by atoms with Gasteiger partial charge in [0.2, 0.25) is 0 Å². The summed E-state index contributed by atoms with van der Waals surface area (Å²) in [6, 6.07) is 0. The Labute approximate surface area is 97.9 Å². The second-order valence-electron chi connectivity index (χ2n) is 4.37. The fourth-order valence-electron chi connectivity index (χ4n) is 1.96. The van der Waals surface area contributed by atoms with Gasteiger partial charge < -0.3 is 14.4 Å². The smallest absolute Gasteiger partial charge is 0.308 e. The van der Waals surface area contributed by atoms with Gasteiger partial charge in [0, 0.05) is 19.7 Å². The molecule has 1 aliphatic heterocycles. The quantitative estimate of drug-likeness (QED) is 0.666. The summed E-state index contributed by atoms with van der Waals surface area (Å²) in [5.74, 6) is -0.0765. The fraction of sp³-hybridized carbons (Fsp3) is 0.917. The third kappa shape index (κ3) is 4.94. The number of hydrogen-bond acceptors (Lipinski definition) is 4. The molecular weight excluding hydrogens is 206 g/mol. The van der Waals surface area contributed by atoms with Gasteiger partial charge in [-0.1, -0.05) is 6.92 Å². The van der Waals surface area contributed by atoms with Crippen LogP contribution in [-0.2, 0) is 14.3 Å². The van der Waals surface area contributed by atoms with E-state index < -0.39 is 0 Å². The topological polar surface area (TPSA) is 38.8 Å². The predicted octanol–water partition coefficient (Wildman–Crippen LogP) is 1.30. The molecule has 1 heterocycles. The molecule has 1 fully saturated rings. The maximum absolute atomic E-state index is 11.2. The SMILES string of the molecule is COC(=O)C(C)CCCN1CCCOCC1. The lowest BCUT2D eigenvalue weighted by Gasteiger charge is -2.19. The van der Waals surface area contributed by atoms with E-state index in [4.69, 9.17) is 9.47 Å². The molecule has 0 bridgehead atoms. The molecule has 0 amide bonds. The number of carbonyl (C=O) groups excluding carboxylic acids is 1. The monoisotopic (exact) mass is 229 g/mol. The van der Waals surface area contributed by atoms with Crippen LogP contribution in [0.3, 0.4) is 0 Å². The van der Waals surface area contributed by atoms with Crippen molar-refractivity contribution < 1.29 is 14.3 Å². The van der Waals surface area contributed by atoms with Gasteiger partial charge in [0.05, 0.1) is 19.6 Å². The van der Waals surface area contributed by atoms with Crippen LogP contribution in [0.1, 0.15) is 26.2 Å². The zero-order chi connectivity index (χ0) is 11.8. The summed E-state index contributed by atoms with van der Waals surface area (Å²) < 4.78 is 10.1. The Bertz CT molecular complexity index is 200. The average Bonchev–Trinajstić information content (AvgIpc) is 2.56. The molecule has 4 nitrogen and oxygen atoms in total. The number of methoxy groups -OCH3 is 1. The van der Waals surface area contributed by atoms with Crippen LogP contribution in [0.15, 0.2) is 0 Å². The summed E-state index contributed by atoms with van der Waals surface area (Å²) in [6.07, 6.45) is 3.08. The van der Waals surface area contributed by atoms with Crippen LogP contribution in [-0.4, -0.2) is 50.8 Å². The molecule has 0 aromatic heterocycles. The molecule has 0 aliphatic carbocycles. The van der Waals surface area contributed by atoms with E-state index in [0.717, 1.165) is 52.1 Å². The second kappa shape index (κ2) is 7.63. The van der Waals surface area contributed by atoms with Crippen LogP contribution < -0.4 is 0 Å². The first-order valence-corrected chi connectivity index (χ1v) is 6.12. The van der Waals surface area contributed by atoms with Crippen molar-refractivity contribution in [2.75, 3.05) is 40.0 Å². The first-order chi connectivity index (χ1) is 7.74. The van der Waals surface area contributed by atoms with Gasteiger partial charge in [-0.25, -0.2) is 0 Å². The average molecular weight is 229 g/mol. The molecule has 1 saturated heterocycles. The maximum atomic E-state index is 11.2. The van der Waals surface area contributed by atoms with Crippen molar-refractivity contribution in [2.24, 2.45) is 5.92 Å². The molecule has 1 aliphatic rings. The summed E-state index contributed by atoms with van der Waals surface area (Å²) in [7, 11) is 1.45. The van der Waals surface area contributed by atoms with Crippen molar-refractivity contribution in [3.8, 4) is 0 Å². The summed E-state index contributed by atoms with van der Waals surface area (Å²) in [6.45, 7) is 6.85. The molecule has 4 heteroatoms. The Balaban J connectivity index is 2.11. The van der Waals surface area contributed by atoms with Crippen molar-refractivity contribution in [1.29, 1.82) is 0 Å². The minimum atomic E-state index is -0.0980. The van der Waals surface area contributed by atoms with Gasteiger partial charge in [-0.05, 0) is 25.8 Å². The maximum Gasteiger partial charge on any atom is 0.308 e. The molecule has 1 rings (SSSR count). The van der Waals surface area contributed by atoms with E-state index in [0.29, 0.717) is 0 Å². The highest BCUT2D eigenvalue weighted by atomic mass is 16.5. The number of nitrogens with zero attached hydrogens (tertiary/aromatic N) is 1. The standard InChI is InChI=1S/C12H23NO3/c1-11(12(14)15-2)5-3-6-13-7-4-9-16-10-8-13/h11H,3-10H2,1-2H3. The zero-order valence-corrected chi connectivity index (χ0v) is 10.4.